The van der Waals surface area contributed by atoms with Gasteiger partial charge in [0.2, 0.25) is 11.6 Å². The molecule has 4 aromatic rings. The van der Waals surface area contributed by atoms with Crippen molar-refractivity contribution in [3.63, 3.8) is 0 Å². The summed E-state index contributed by atoms with van der Waals surface area (Å²) in [5.41, 5.74) is 1.44. The van der Waals surface area contributed by atoms with Gasteiger partial charge in [0.15, 0.2) is 11.6 Å². The Kier molecular flexibility index (Phi) is 15.5. The van der Waals surface area contributed by atoms with Crippen molar-refractivity contribution in [2.45, 2.75) is 128 Å². The minimum absolute atomic E-state index is 0.0577. The van der Waals surface area contributed by atoms with Crippen molar-refractivity contribution in [3.05, 3.63) is 106 Å². The molecule has 3 aliphatic heterocycles. The fourth-order valence-corrected chi connectivity index (χ4v) is 9.68. The average Bonchev–Trinajstić information content (AvgIpc) is 4.09. The lowest BCUT2D eigenvalue weighted by Gasteiger charge is -2.26. The van der Waals surface area contributed by atoms with Gasteiger partial charge in [0.05, 0.1) is 20.4 Å². The molecule has 7 rings (SSSR count). The number of nitrogens with zero attached hydrogens (tertiary/aromatic N) is 2. The number of para-hydroxylation sites is 2. The number of hydrogen-bond acceptors (Lipinski definition) is 14. The van der Waals surface area contributed by atoms with Gasteiger partial charge in [-0.05, 0) is 74.3 Å². The third kappa shape index (κ3) is 11.3. The molecule has 0 fully saturated rings. The zero-order valence-electron chi connectivity index (χ0n) is 35.4. The number of fused-ring (bicyclic) bond motifs is 6. The minimum atomic E-state index is -1.12. The molecule has 0 radical (unpaired) electrons. The molecule has 12 nitrogen and oxygen atoms in total. The van der Waals surface area contributed by atoms with Gasteiger partial charge in [0.25, 0.3) is 0 Å². The van der Waals surface area contributed by atoms with E-state index in [0.717, 1.165) is 84.6 Å². The number of Topliss-reactive ketones (excluding diaryl/α,β-unsaturated/α-hetero) is 2. The monoisotopic (exact) mass is 882 g/mol. The minimum Gasteiger partial charge on any atom is -0.458 e. The fraction of sp³-hybridized carbons (Fsp3) is 0.458. The first-order chi connectivity index (χ1) is 30.2. The van der Waals surface area contributed by atoms with Crippen LogP contribution < -0.4 is 0 Å². The summed E-state index contributed by atoms with van der Waals surface area (Å²) in [7, 11) is 3.11. The highest BCUT2D eigenvalue weighted by atomic mass is 32.1. The number of hydrogen-bond donors (Lipinski definition) is 0. The number of thiazole rings is 2. The standard InChI is InChI=1S/C48H54N2O10S2/c1-55-47-27-17-9-5-3-7-12-22-36(52)44(46(54)58-32-42-50-34-20-14-16-24-40(34)62-42)38-26-30-48(56-2,60-38)28-18-10-6-4-8-11-21-35(51)43(37(59-47)25-29-47)45(53)57-31-41-49-33-19-13-15-23-39(33)61-41/h13-16,19-20,23-26,29-30H,3-12,17-18,21-22,27-28,31-32H2,1-2H3/b43-37-,44-38-. The second-order valence-electron chi connectivity index (χ2n) is 15.8. The summed E-state index contributed by atoms with van der Waals surface area (Å²) in [4.78, 5) is 64.1. The molecule has 2 aromatic carbocycles. The largest absolute Gasteiger partial charge is 0.458 e. The maximum Gasteiger partial charge on any atom is 0.346 e. The van der Waals surface area contributed by atoms with Crippen molar-refractivity contribution in [2.24, 2.45) is 0 Å². The van der Waals surface area contributed by atoms with Crippen LogP contribution in [0.15, 0.2) is 95.5 Å². The Balaban J connectivity index is 1.000. The Hall–Kier alpha value is -5.02. The van der Waals surface area contributed by atoms with E-state index in [2.05, 4.69) is 9.97 Å². The molecule has 2 atom stereocenters. The Morgan fingerprint density at radius 2 is 0.968 bits per heavy atom. The quantitative estimate of drug-likeness (QED) is 0.122. The highest BCUT2D eigenvalue weighted by molar-refractivity contribution is 7.18. The predicted octanol–water partition coefficient (Wildman–Crippen LogP) is 10.5. The van der Waals surface area contributed by atoms with Gasteiger partial charge in [-0.2, -0.15) is 0 Å². The Labute approximate surface area is 370 Å². The first-order valence-electron chi connectivity index (χ1n) is 21.7. The summed E-state index contributed by atoms with van der Waals surface area (Å²) < 4.78 is 37.7. The Morgan fingerprint density at radius 1 is 0.581 bits per heavy atom. The summed E-state index contributed by atoms with van der Waals surface area (Å²) in [5, 5.41) is 1.28. The highest BCUT2D eigenvalue weighted by Crippen LogP contribution is 2.36. The van der Waals surface area contributed by atoms with E-state index < -0.39 is 23.5 Å². The summed E-state index contributed by atoms with van der Waals surface area (Å²) >= 11 is 2.89. The van der Waals surface area contributed by atoms with E-state index in [1.54, 1.807) is 38.5 Å². The van der Waals surface area contributed by atoms with Gasteiger partial charge >= 0.3 is 11.9 Å². The van der Waals surface area contributed by atoms with Gasteiger partial charge in [0, 0.05) is 39.9 Å². The molecular formula is C48H54N2O10S2. The van der Waals surface area contributed by atoms with Crippen molar-refractivity contribution in [1.82, 2.24) is 9.97 Å². The normalized spacial score (nSPS) is 24.9. The number of methoxy groups -OCH3 is 2. The molecule has 328 valence electrons. The van der Waals surface area contributed by atoms with Crippen LogP contribution in [0.3, 0.4) is 0 Å². The van der Waals surface area contributed by atoms with E-state index in [-0.39, 0.29) is 60.3 Å². The third-order valence-corrected chi connectivity index (χ3v) is 13.4. The second kappa shape index (κ2) is 21.4. The maximum atomic E-state index is 13.8. The molecule has 3 aliphatic rings. The van der Waals surface area contributed by atoms with Crippen LogP contribution in [0.25, 0.3) is 20.4 Å². The predicted molar refractivity (Wildman–Crippen MR) is 237 cm³/mol. The van der Waals surface area contributed by atoms with Crippen LogP contribution in [0.2, 0.25) is 0 Å². The van der Waals surface area contributed by atoms with Gasteiger partial charge in [-0.1, -0.05) is 75.6 Å². The first kappa shape index (κ1) is 45.0. The van der Waals surface area contributed by atoms with Gasteiger partial charge in [-0.25, -0.2) is 19.6 Å². The number of esters is 2. The third-order valence-electron chi connectivity index (χ3n) is 11.4. The van der Waals surface area contributed by atoms with Crippen molar-refractivity contribution >= 4 is 66.6 Å². The SMILES string of the molecule is COC12C=C/C(=C(/C(=O)OCc3nc4ccccc4s3)C(=O)CCCCCCCCC3(OC)C=C/C(=C(/C(=O)OCc4nc5ccccc5s4)C(=O)CCCCCCCC1)O3)O2. The summed E-state index contributed by atoms with van der Waals surface area (Å²) in [6.45, 7) is -0.115. The lowest BCUT2D eigenvalue weighted by molar-refractivity contribution is -0.159. The van der Waals surface area contributed by atoms with Gasteiger partial charge in [-0.15, -0.1) is 22.7 Å². The van der Waals surface area contributed by atoms with Gasteiger partial charge in [-0.3, -0.25) is 9.59 Å². The fourth-order valence-electron chi connectivity index (χ4n) is 7.92. The van der Waals surface area contributed by atoms with Crippen molar-refractivity contribution in [3.8, 4) is 0 Å². The summed E-state index contributed by atoms with van der Waals surface area (Å²) in [5.74, 6) is -4.07. The van der Waals surface area contributed by atoms with Crippen LogP contribution in [-0.4, -0.2) is 59.3 Å². The average molecular weight is 883 g/mol. The van der Waals surface area contributed by atoms with Crippen molar-refractivity contribution in [2.75, 3.05) is 14.2 Å². The number of ketones is 2. The molecule has 0 amide bonds. The van der Waals surface area contributed by atoms with Crippen molar-refractivity contribution in [1.29, 1.82) is 0 Å². The van der Waals surface area contributed by atoms with Crippen LogP contribution in [0.4, 0.5) is 0 Å². The van der Waals surface area contributed by atoms with E-state index in [9.17, 15) is 19.2 Å². The van der Waals surface area contributed by atoms with E-state index in [4.69, 9.17) is 28.4 Å². The number of carbonyl (C=O) groups is 4. The molecular weight excluding hydrogens is 829 g/mol. The second-order valence-corrected chi connectivity index (χ2v) is 18.0. The molecule has 14 heteroatoms. The van der Waals surface area contributed by atoms with Gasteiger partial charge < -0.3 is 28.4 Å². The number of ether oxygens (including phenoxy) is 6. The van der Waals surface area contributed by atoms with E-state index >= 15 is 0 Å². The molecule has 0 aliphatic carbocycles. The molecule has 2 aromatic heterocycles. The molecule has 4 bridgehead atoms. The van der Waals surface area contributed by atoms with E-state index in [1.165, 1.54) is 22.7 Å². The molecule has 0 saturated carbocycles. The zero-order valence-corrected chi connectivity index (χ0v) is 37.1. The van der Waals surface area contributed by atoms with Crippen LogP contribution in [0.5, 0.6) is 0 Å². The molecule has 2 unspecified atom stereocenters. The van der Waals surface area contributed by atoms with E-state index in [0.29, 0.717) is 35.7 Å². The van der Waals surface area contributed by atoms with Crippen LogP contribution >= 0.6 is 22.7 Å². The maximum absolute atomic E-state index is 13.8. The van der Waals surface area contributed by atoms with Crippen LogP contribution in [-0.2, 0) is 60.8 Å². The summed E-state index contributed by atoms with van der Waals surface area (Å²) in [6.07, 6.45) is 17.8. The summed E-state index contributed by atoms with van der Waals surface area (Å²) in [6, 6.07) is 15.4. The molecule has 0 spiro atoms. The highest BCUT2D eigenvalue weighted by Gasteiger charge is 2.39. The molecule has 0 N–H and O–H groups in total. The number of carbonyl (C=O) groups excluding carboxylic acids is 4. The first-order valence-corrected chi connectivity index (χ1v) is 23.3. The van der Waals surface area contributed by atoms with Crippen molar-refractivity contribution < 1.29 is 47.6 Å². The zero-order chi connectivity index (χ0) is 43.4. The molecule has 62 heavy (non-hydrogen) atoms. The lowest BCUT2D eigenvalue weighted by Crippen LogP contribution is -2.30. The van der Waals surface area contributed by atoms with Crippen LogP contribution in [0, 0.1) is 0 Å². The number of benzene rings is 2. The lowest BCUT2D eigenvalue weighted by atomic mass is 10.0. The topological polar surface area (TPSA) is 149 Å². The number of allylic oxidation sites excluding steroid dienone is 2. The Bertz CT molecular complexity index is 2150. The van der Waals surface area contributed by atoms with E-state index in [1.807, 2.05) is 48.5 Å². The van der Waals surface area contributed by atoms with Gasteiger partial charge in [0.1, 0.15) is 45.9 Å². The Morgan fingerprint density at radius 3 is 1.37 bits per heavy atom. The smallest absolute Gasteiger partial charge is 0.346 e. The molecule has 0 saturated heterocycles. The number of rotatable bonds is 8. The number of aromatic nitrogens is 2. The van der Waals surface area contributed by atoms with Crippen LogP contribution in [0.1, 0.15) is 113 Å². The molecule has 5 heterocycles.